The van der Waals surface area contributed by atoms with Gasteiger partial charge >= 0.3 is 0 Å². The maximum Gasteiger partial charge on any atom is 0.283 e. The highest BCUT2D eigenvalue weighted by molar-refractivity contribution is 7.90. The largest absolute Gasteiger partial charge is 0.319 e. The second-order valence-electron chi connectivity index (χ2n) is 5.24. The number of thiophene rings is 1. The van der Waals surface area contributed by atoms with Gasteiger partial charge in [0.15, 0.2) is 5.03 Å². The molecule has 27 heavy (non-hydrogen) atoms. The minimum atomic E-state index is -4.37. The third-order valence-corrected chi connectivity index (χ3v) is 5.37. The molecule has 0 radical (unpaired) electrons. The number of sulfonamides is 1. The van der Waals surface area contributed by atoms with Crippen molar-refractivity contribution in [3.8, 4) is 0 Å². The molecule has 2 amide bonds. The van der Waals surface area contributed by atoms with Crippen molar-refractivity contribution in [2.24, 2.45) is 0 Å². The molecule has 10 heteroatoms. The first-order chi connectivity index (χ1) is 12.9. The van der Waals surface area contributed by atoms with Gasteiger partial charge < -0.3 is 5.32 Å². The van der Waals surface area contributed by atoms with Crippen LogP contribution in [0, 0.1) is 5.82 Å². The Labute approximate surface area is 157 Å². The molecule has 7 nitrogen and oxygen atoms in total. The normalized spacial score (nSPS) is 11.0. The highest BCUT2D eigenvalue weighted by Crippen LogP contribution is 2.20. The van der Waals surface area contributed by atoms with Crippen LogP contribution in [0.1, 0.15) is 20.7 Å². The second-order valence-corrected chi connectivity index (χ2v) is 7.61. The Bertz CT molecular complexity index is 1100. The van der Waals surface area contributed by atoms with Crippen LogP contribution in [-0.2, 0) is 10.0 Å². The fraction of sp³-hybridized carbons (Fsp3) is 0. The molecule has 2 heterocycles. The molecule has 0 atom stereocenters. The summed E-state index contributed by atoms with van der Waals surface area (Å²) in [6.45, 7) is 0. The maximum absolute atomic E-state index is 13.8. The van der Waals surface area contributed by atoms with Crippen LogP contribution in [-0.4, -0.2) is 25.2 Å². The molecule has 0 spiro atoms. The monoisotopic (exact) mass is 405 g/mol. The second kappa shape index (κ2) is 7.64. The molecule has 0 aliphatic carbocycles. The van der Waals surface area contributed by atoms with Crippen molar-refractivity contribution in [3.05, 3.63) is 76.4 Å². The number of pyridine rings is 1. The topological polar surface area (TPSA) is 105 Å². The standard InChI is InChI=1S/C17H12FN3O4S2/c18-13-5-2-1-4-12(13)16(23)20-14-6-3-8-19-17(14)27(24,25)21-15(22)11-7-9-26-10-11/h1-10H,(H,20,23)(H,21,22). The van der Waals surface area contributed by atoms with Gasteiger partial charge in [0, 0.05) is 11.6 Å². The Morgan fingerprint density at radius 3 is 2.52 bits per heavy atom. The van der Waals surface area contributed by atoms with Crippen LogP contribution < -0.4 is 10.0 Å². The van der Waals surface area contributed by atoms with E-state index in [2.05, 4.69) is 10.3 Å². The summed E-state index contributed by atoms with van der Waals surface area (Å²) in [7, 11) is -4.37. The molecule has 2 aromatic heterocycles. The minimum Gasteiger partial charge on any atom is -0.319 e. The summed E-state index contributed by atoms with van der Waals surface area (Å²) >= 11 is 1.24. The van der Waals surface area contributed by atoms with Gasteiger partial charge in [-0.25, -0.2) is 14.1 Å². The lowest BCUT2D eigenvalue weighted by atomic mass is 10.2. The van der Waals surface area contributed by atoms with Crippen molar-refractivity contribution < 1.29 is 22.4 Å². The van der Waals surface area contributed by atoms with Crippen molar-refractivity contribution >= 4 is 38.9 Å². The summed E-state index contributed by atoms with van der Waals surface area (Å²) in [6.07, 6.45) is 1.20. The van der Waals surface area contributed by atoms with Crippen LogP contribution in [0.5, 0.6) is 0 Å². The Morgan fingerprint density at radius 2 is 1.81 bits per heavy atom. The molecule has 0 fully saturated rings. The van der Waals surface area contributed by atoms with Crippen molar-refractivity contribution in [1.29, 1.82) is 0 Å². The van der Waals surface area contributed by atoms with Crippen LogP contribution in [0.15, 0.2) is 64.4 Å². The van der Waals surface area contributed by atoms with Crippen molar-refractivity contribution in [2.45, 2.75) is 5.03 Å². The molecular weight excluding hydrogens is 393 g/mol. The fourth-order valence-corrected chi connectivity index (χ4v) is 3.86. The van der Waals surface area contributed by atoms with Crippen LogP contribution >= 0.6 is 11.3 Å². The van der Waals surface area contributed by atoms with Gasteiger partial charge in [-0.05, 0) is 35.7 Å². The van der Waals surface area contributed by atoms with Crippen molar-refractivity contribution in [2.75, 3.05) is 5.32 Å². The van der Waals surface area contributed by atoms with E-state index in [0.717, 1.165) is 6.07 Å². The van der Waals surface area contributed by atoms with Crippen LogP contribution in [0.4, 0.5) is 10.1 Å². The number of anilines is 1. The fourth-order valence-electron chi connectivity index (χ4n) is 2.16. The highest BCUT2D eigenvalue weighted by atomic mass is 32.2. The van der Waals surface area contributed by atoms with Gasteiger partial charge in [0.05, 0.1) is 16.8 Å². The summed E-state index contributed by atoms with van der Waals surface area (Å²) < 4.78 is 40.7. The number of benzene rings is 1. The van der Waals surface area contributed by atoms with E-state index in [1.165, 1.54) is 59.3 Å². The van der Waals surface area contributed by atoms with Gasteiger partial charge in [-0.1, -0.05) is 12.1 Å². The predicted molar refractivity (Wildman–Crippen MR) is 97.6 cm³/mol. The Balaban J connectivity index is 1.88. The Kier molecular flexibility index (Phi) is 5.28. The Hall–Kier alpha value is -3.11. The van der Waals surface area contributed by atoms with Crippen molar-refractivity contribution in [3.63, 3.8) is 0 Å². The van der Waals surface area contributed by atoms with E-state index < -0.39 is 32.7 Å². The number of hydrogen-bond donors (Lipinski definition) is 2. The van der Waals surface area contributed by atoms with Gasteiger partial charge in [-0.15, -0.1) is 0 Å². The maximum atomic E-state index is 13.8. The average Bonchev–Trinajstić information content (AvgIpc) is 3.17. The summed E-state index contributed by atoms with van der Waals surface area (Å²) in [5.41, 5.74) is -0.264. The van der Waals surface area contributed by atoms with Gasteiger partial charge in [-0.3, -0.25) is 9.59 Å². The highest BCUT2D eigenvalue weighted by Gasteiger charge is 2.25. The van der Waals surface area contributed by atoms with E-state index >= 15 is 0 Å². The smallest absolute Gasteiger partial charge is 0.283 e. The number of halogens is 1. The SMILES string of the molecule is O=C(NS(=O)(=O)c1ncccc1NC(=O)c1ccccc1F)c1ccsc1. The predicted octanol–water partition coefficient (Wildman–Crippen LogP) is 2.65. The molecule has 2 N–H and O–H groups in total. The number of carbonyl (C=O) groups is 2. The lowest BCUT2D eigenvalue weighted by Crippen LogP contribution is -2.31. The average molecular weight is 405 g/mol. The summed E-state index contributed by atoms with van der Waals surface area (Å²) in [5.74, 6) is -2.43. The number of nitrogens with zero attached hydrogens (tertiary/aromatic N) is 1. The molecule has 0 aliphatic heterocycles. The number of nitrogens with one attached hydrogen (secondary N) is 2. The first-order valence-corrected chi connectivity index (χ1v) is 9.91. The minimum absolute atomic E-state index is 0.177. The zero-order valence-corrected chi connectivity index (χ0v) is 15.2. The van der Waals surface area contributed by atoms with E-state index in [0.29, 0.717) is 0 Å². The molecule has 3 aromatic rings. The molecule has 3 rings (SSSR count). The zero-order valence-electron chi connectivity index (χ0n) is 13.5. The molecule has 0 aliphatic rings. The van der Waals surface area contributed by atoms with Crippen molar-refractivity contribution in [1.82, 2.24) is 9.71 Å². The summed E-state index contributed by atoms with van der Waals surface area (Å²) in [6, 6.07) is 9.41. The van der Waals surface area contributed by atoms with E-state index in [-0.39, 0.29) is 16.8 Å². The quantitative estimate of drug-likeness (QED) is 0.679. The first-order valence-electron chi connectivity index (χ1n) is 7.49. The van der Waals surface area contributed by atoms with Gasteiger partial charge in [0.25, 0.3) is 21.8 Å². The molecule has 138 valence electrons. The van der Waals surface area contributed by atoms with Crippen LogP contribution in [0.3, 0.4) is 0 Å². The Morgan fingerprint density at radius 1 is 1.04 bits per heavy atom. The van der Waals surface area contributed by atoms with Crippen LogP contribution in [0.25, 0.3) is 0 Å². The third kappa shape index (κ3) is 4.18. The summed E-state index contributed by atoms with van der Waals surface area (Å²) in [4.78, 5) is 28.1. The molecule has 0 unspecified atom stereocenters. The number of hydrogen-bond acceptors (Lipinski definition) is 6. The molecule has 0 saturated heterocycles. The first kappa shape index (κ1) is 18.7. The zero-order chi connectivity index (χ0) is 19.4. The van der Waals surface area contributed by atoms with Gasteiger partial charge in [-0.2, -0.15) is 19.8 Å². The van der Waals surface area contributed by atoms with E-state index in [9.17, 15) is 22.4 Å². The van der Waals surface area contributed by atoms with E-state index in [1.807, 2.05) is 4.72 Å². The number of rotatable bonds is 5. The van der Waals surface area contributed by atoms with Gasteiger partial charge in [0.1, 0.15) is 5.82 Å². The van der Waals surface area contributed by atoms with E-state index in [1.54, 1.807) is 5.38 Å². The lowest BCUT2D eigenvalue weighted by Gasteiger charge is -2.11. The van der Waals surface area contributed by atoms with E-state index in [4.69, 9.17) is 0 Å². The number of amides is 2. The number of aromatic nitrogens is 1. The van der Waals surface area contributed by atoms with Crippen LogP contribution in [0.2, 0.25) is 0 Å². The third-order valence-electron chi connectivity index (χ3n) is 3.40. The number of carbonyl (C=O) groups excluding carboxylic acids is 2. The molecule has 0 bridgehead atoms. The summed E-state index contributed by atoms with van der Waals surface area (Å²) in [5, 5.41) is 4.87. The van der Waals surface area contributed by atoms with Gasteiger partial charge in [0.2, 0.25) is 0 Å². The molecule has 1 aromatic carbocycles. The lowest BCUT2D eigenvalue weighted by molar-refractivity contribution is 0.0980. The molecule has 0 saturated carbocycles. The molecular formula is C17H12FN3O4S2.